The molecule has 0 aromatic carbocycles. The van der Waals surface area contributed by atoms with Crippen molar-refractivity contribution >= 4 is 5.97 Å². The molecule has 0 aromatic heterocycles. The summed E-state index contributed by atoms with van der Waals surface area (Å²) in [4.78, 5) is 13.3. The third-order valence-corrected chi connectivity index (χ3v) is 12.0. The summed E-state index contributed by atoms with van der Waals surface area (Å²) in [5, 5.41) is 65.0. The molecule has 2 fully saturated rings. The van der Waals surface area contributed by atoms with Gasteiger partial charge in [0.25, 0.3) is 0 Å². The molecule has 10 nitrogen and oxygen atoms in total. The van der Waals surface area contributed by atoms with Gasteiger partial charge in [-0.3, -0.25) is 0 Å². The van der Waals surface area contributed by atoms with Gasteiger partial charge in [0.2, 0.25) is 0 Å². The van der Waals surface area contributed by atoms with Gasteiger partial charge >= 0.3 is 5.97 Å². The molecule has 300 valence electrons. The van der Waals surface area contributed by atoms with Crippen molar-refractivity contribution in [2.45, 2.75) is 198 Å². The van der Waals surface area contributed by atoms with Gasteiger partial charge in [-0.1, -0.05) is 65.0 Å². The van der Waals surface area contributed by atoms with Gasteiger partial charge in [0, 0.05) is 43.6 Å². The third-order valence-electron chi connectivity index (χ3n) is 12.0. The van der Waals surface area contributed by atoms with Crippen LogP contribution in [0, 0.1) is 23.7 Å². The second kappa shape index (κ2) is 21.5. The minimum atomic E-state index is -1.40. The zero-order valence-electron chi connectivity index (χ0n) is 32.8. The van der Waals surface area contributed by atoms with E-state index < -0.39 is 65.8 Å². The number of hydrogen-bond acceptors (Lipinski definition) is 10. The van der Waals surface area contributed by atoms with Gasteiger partial charge in [-0.15, -0.1) is 0 Å². The molecule has 3 aliphatic rings. The molecule has 0 unspecified atom stereocenters. The fourth-order valence-corrected chi connectivity index (χ4v) is 8.02. The van der Waals surface area contributed by atoms with Crippen molar-refractivity contribution in [3.8, 4) is 0 Å². The number of esters is 1. The van der Waals surface area contributed by atoms with Crippen LogP contribution in [0.25, 0.3) is 0 Å². The lowest BCUT2D eigenvalue weighted by molar-refractivity contribution is -0.338. The molecule has 14 atom stereocenters. The minimum Gasteiger partial charge on any atom is -0.459 e. The fraction of sp³-hybridized carbons (Fsp3) is 0.833. The van der Waals surface area contributed by atoms with Gasteiger partial charge in [-0.05, 0) is 89.4 Å². The Balaban J connectivity index is 1.85. The summed E-state index contributed by atoms with van der Waals surface area (Å²) in [5.74, 6) is -1.90. The number of aliphatic hydroxyl groups excluding tert-OH is 5. The number of allylic oxidation sites excluding steroid dienone is 4. The molecule has 0 aromatic rings. The summed E-state index contributed by atoms with van der Waals surface area (Å²) in [5.41, 5.74) is -1.40. The molecule has 10 heteroatoms. The Bertz CT molecular complexity index is 1140. The van der Waals surface area contributed by atoms with E-state index in [1.807, 2.05) is 26.0 Å². The number of fused-ring (bicyclic) bond motifs is 2. The maximum absolute atomic E-state index is 13.3. The number of rotatable bonds is 5. The second-order valence-electron chi connectivity index (χ2n) is 16.4. The standard InChI is InChI=1S/C42H72O10/c1-7-30-15-13-11-10-12-14-21-41(6,49)38(46)25-33(44)23-36(45)29(5)40(48)31(8-2)17-19-39(47)50-35-26-34(18-16-30)51-42(27-35)22-20-28(4)37(52-42)24-32(43)9-3/h10-11,13,15,17,19,28-38,40,43-46,48-49H,7-9,12,14,16,18,20-27H2,1-6H3/b11-10+,15-13+,19-17+/t28-,29+,30-,31-,32+,33+,34-,35+,36+,37-,38+,40-,41+,42-/m0/s1. The Morgan fingerprint density at radius 3 is 2.35 bits per heavy atom. The van der Waals surface area contributed by atoms with Crippen LogP contribution in [-0.2, 0) is 19.0 Å². The molecule has 2 bridgehead atoms. The zero-order valence-corrected chi connectivity index (χ0v) is 32.8. The molecular formula is C42H72O10. The Kier molecular flexibility index (Phi) is 18.5. The summed E-state index contributed by atoms with van der Waals surface area (Å²) >= 11 is 0. The van der Waals surface area contributed by atoms with Crippen molar-refractivity contribution < 1.29 is 49.6 Å². The lowest BCUT2D eigenvalue weighted by Crippen LogP contribution is -2.54. The first kappa shape index (κ1) is 44.8. The monoisotopic (exact) mass is 737 g/mol. The first-order chi connectivity index (χ1) is 24.6. The van der Waals surface area contributed by atoms with Crippen molar-refractivity contribution in [1.29, 1.82) is 0 Å². The zero-order chi connectivity index (χ0) is 38.5. The van der Waals surface area contributed by atoms with Gasteiger partial charge in [-0.2, -0.15) is 0 Å². The first-order valence-corrected chi connectivity index (χ1v) is 20.3. The highest BCUT2D eigenvalue weighted by molar-refractivity contribution is 5.82. The fourth-order valence-electron chi connectivity index (χ4n) is 8.02. The molecule has 6 N–H and O–H groups in total. The number of ether oxygens (including phenoxy) is 3. The number of carbonyl (C=O) groups is 1. The lowest BCUT2D eigenvalue weighted by Gasteiger charge is -2.50. The number of aliphatic hydroxyl groups is 6. The van der Waals surface area contributed by atoms with E-state index in [9.17, 15) is 35.4 Å². The Morgan fingerprint density at radius 1 is 0.904 bits per heavy atom. The van der Waals surface area contributed by atoms with Crippen LogP contribution in [-0.4, -0.2) is 96.8 Å². The van der Waals surface area contributed by atoms with Crippen LogP contribution in [0.3, 0.4) is 0 Å². The van der Waals surface area contributed by atoms with Crippen LogP contribution >= 0.6 is 0 Å². The van der Waals surface area contributed by atoms with Gasteiger partial charge in [0.1, 0.15) is 6.10 Å². The molecule has 3 aliphatic heterocycles. The highest BCUT2D eigenvalue weighted by atomic mass is 16.7. The van der Waals surface area contributed by atoms with Crippen LogP contribution < -0.4 is 0 Å². The molecule has 52 heavy (non-hydrogen) atoms. The van der Waals surface area contributed by atoms with E-state index in [0.717, 1.165) is 32.1 Å². The summed E-state index contributed by atoms with van der Waals surface area (Å²) in [7, 11) is 0. The van der Waals surface area contributed by atoms with E-state index in [4.69, 9.17) is 14.2 Å². The van der Waals surface area contributed by atoms with E-state index in [-0.39, 0.29) is 31.0 Å². The van der Waals surface area contributed by atoms with Gasteiger partial charge in [0.05, 0.1) is 48.3 Å². The topological polar surface area (TPSA) is 166 Å². The molecule has 3 heterocycles. The summed E-state index contributed by atoms with van der Waals surface area (Å²) in [6.07, 6.45) is 14.2. The van der Waals surface area contributed by atoms with Gasteiger partial charge < -0.3 is 44.8 Å². The van der Waals surface area contributed by atoms with Gasteiger partial charge in [-0.25, -0.2) is 4.79 Å². The summed E-state index contributed by atoms with van der Waals surface area (Å²) in [6.45, 7) is 11.4. The second-order valence-corrected chi connectivity index (χ2v) is 16.4. The van der Waals surface area contributed by atoms with E-state index in [1.54, 1.807) is 19.9 Å². The summed E-state index contributed by atoms with van der Waals surface area (Å²) < 4.78 is 19.6. The molecule has 0 aliphatic carbocycles. The van der Waals surface area contributed by atoms with Crippen LogP contribution in [0.4, 0.5) is 0 Å². The predicted octanol–water partition coefficient (Wildman–Crippen LogP) is 6.05. The molecule has 0 radical (unpaired) electrons. The van der Waals surface area contributed by atoms with Crippen LogP contribution in [0.15, 0.2) is 36.5 Å². The molecule has 1 spiro atoms. The van der Waals surface area contributed by atoms with Crippen molar-refractivity contribution in [2.24, 2.45) is 23.7 Å². The largest absolute Gasteiger partial charge is 0.459 e. The SMILES string of the molecule is CC[C@@H](O)C[C@@H]1O[C@@]2(CC[C@@H]1C)C[C@H]1C[C@H](CC[C@@H](CC)/C=C/C=C/CCC[C@@](C)(O)[C@H](O)C[C@H](O)C[C@@H](O)[C@@H](C)[C@H](O)[C@@H](CC)/C=C/C(=O)O1)O2. The summed E-state index contributed by atoms with van der Waals surface area (Å²) in [6, 6.07) is 0. The molecular weight excluding hydrogens is 664 g/mol. The van der Waals surface area contributed by atoms with Crippen molar-refractivity contribution in [2.75, 3.05) is 0 Å². The average molecular weight is 737 g/mol. The highest BCUT2D eigenvalue weighted by Gasteiger charge is 2.49. The predicted molar refractivity (Wildman–Crippen MR) is 202 cm³/mol. The van der Waals surface area contributed by atoms with Gasteiger partial charge in [0.15, 0.2) is 5.79 Å². The van der Waals surface area contributed by atoms with Crippen LogP contribution in [0.5, 0.6) is 0 Å². The van der Waals surface area contributed by atoms with E-state index in [0.29, 0.717) is 57.3 Å². The van der Waals surface area contributed by atoms with Crippen molar-refractivity contribution in [3.05, 3.63) is 36.5 Å². The Labute approximate surface area is 313 Å². The first-order valence-electron chi connectivity index (χ1n) is 20.3. The van der Waals surface area contributed by atoms with Crippen molar-refractivity contribution in [3.63, 3.8) is 0 Å². The smallest absolute Gasteiger partial charge is 0.330 e. The Hall–Kier alpha value is -1.63. The highest BCUT2D eigenvalue weighted by Crippen LogP contribution is 2.44. The van der Waals surface area contributed by atoms with E-state index in [2.05, 4.69) is 26.0 Å². The van der Waals surface area contributed by atoms with E-state index >= 15 is 0 Å². The average Bonchev–Trinajstić information content (AvgIpc) is 3.09. The Morgan fingerprint density at radius 2 is 1.65 bits per heavy atom. The van der Waals surface area contributed by atoms with Crippen LogP contribution in [0.1, 0.15) is 138 Å². The molecule has 0 amide bonds. The maximum Gasteiger partial charge on any atom is 0.330 e. The third kappa shape index (κ3) is 13.9. The number of carbonyl (C=O) groups excluding carboxylic acids is 1. The minimum absolute atomic E-state index is 0.0762. The van der Waals surface area contributed by atoms with Crippen LogP contribution in [0.2, 0.25) is 0 Å². The normalized spacial score (nSPS) is 43.6. The quantitative estimate of drug-likeness (QED) is 0.183. The number of hydrogen-bond donors (Lipinski definition) is 6. The van der Waals surface area contributed by atoms with E-state index in [1.165, 1.54) is 6.08 Å². The molecule has 2 saturated heterocycles. The van der Waals surface area contributed by atoms with Crippen molar-refractivity contribution in [1.82, 2.24) is 0 Å². The lowest BCUT2D eigenvalue weighted by atomic mass is 9.83. The maximum atomic E-state index is 13.3. The molecule has 3 rings (SSSR count). The molecule has 0 saturated carbocycles.